The van der Waals surface area contributed by atoms with Gasteiger partial charge in [0.05, 0.1) is 29.3 Å². The number of fused-ring (bicyclic) bond motifs is 2. The number of rotatable bonds is 6. The summed E-state index contributed by atoms with van der Waals surface area (Å²) in [6.07, 6.45) is 7.14. The number of nitrogens with one attached hydrogen (secondary N) is 3. The molecule has 0 radical (unpaired) electrons. The smallest absolute Gasteiger partial charge is 0.160 e. The van der Waals surface area contributed by atoms with Gasteiger partial charge >= 0.3 is 0 Å². The molecule has 0 atom stereocenters. The van der Waals surface area contributed by atoms with Gasteiger partial charge in [0.15, 0.2) is 11.5 Å². The van der Waals surface area contributed by atoms with Crippen LogP contribution in [0.15, 0.2) is 96.7 Å². The molecule has 9 heteroatoms. The number of pyridine rings is 3. The fourth-order valence-electron chi connectivity index (χ4n) is 4.46. The first kappa shape index (κ1) is 22.1. The quantitative estimate of drug-likeness (QED) is 0.227. The molecular weight excluding hydrogens is 492 g/mol. The summed E-state index contributed by atoms with van der Waals surface area (Å²) in [7, 11) is 0. The van der Waals surface area contributed by atoms with Crippen LogP contribution in [0, 0.1) is 0 Å². The number of anilines is 1. The normalized spacial score (nSPS) is 11.3. The topological polar surface area (TPSA) is 108 Å². The molecule has 0 aliphatic carbocycles. The van der Waals surface area contributed by atoms with Crippen LogP contribution >= 0.6 is 11.3 Å². The van der Waals surface area contributed by atoms with Crippen molar-refractivity contribution in [3.05, 3.63) is 102 Å². The standard InChI is InChI=1S/C29H20N8S/c1-17(18-5-3-2-4-6-18)33-21-11-20(13-30-14-21)24-12-23-25(15-32-24)36-37-27(23)29-34-26-22(19-8-10-38-16-19)7-9-31-28(26)35-29/h2-16,33H,1H2,(H,36,37)(H,31,34,35). The second-order valence-electron chi connectivity index (χ2n) is 8.77. The van der Waals surface area contributed by atoms with Crippen molar-refractivity contribution in [2.24, 2.45) is 0 Å². The molecule has 0 unspecified atom stereocenters. The molecule has 1 aromatic carbocycles. The van der Waals surface area contributed by atoms with Gasteiger partial charge in [-0.2, -0.15) is 16.4 Å². The van der Waals surface area contributed by atoms with Crippen molar-refractivity contribution in [1.82, 2.24) is 35.1 Å². The van der Waals surface area contributed by atoms with E-state index in [-0.39, 0.29) is 0 Å². The maximum absolute atomic E-state index is 4.89. The van der Waals surface area contributed by atoms with Gasteiger partial charge in [-0.25, -0.2) is 9.97 Å². The van der Waals surface area contributed by atoms with E-state index in [1.54, 1.807) is 36.1 Å². The molecule has 8 nitrogen and oxygen atoms in total. The highest BCUT2D eigenvalue weighted by Gasteiger charge is 2.17. The number of hydrogen-bond acceptors (Lipinski definition) is 7. The van der Waals surface area contributed by atoms with Crippen molar-refractivity contribution in [3.63, 3.8) is 0 Å². The van der Waals surface area contributed by atoms with E-state index in [2.05, 4.69) is 58.9 Å². The van der Waals surface area contributed by atoms with Gasteiger partial charge in [0.2, 0.25) is 0 Å². The molecule has 0 amide bonds. The fraction of sp³-hybridized carbons (Fsp3) is 0. The van der Waals surface area contributed by atoms with Crippen LogP contribution in [0.1, 0.15) is 5.56 Å². The molecule has 0 fully saturated rings. The molecule has 0 aliphatic heterocycles. The average Bonchev–Trinajstić information content (AvgIpc) is 3.73. The van der Waals surface area contributed by atoms with Gasteiger partial charge in [-0.3, -0.25) is 15.1 Å². The van der Waals surface area contributed by atoms with Crippen LogP contribution in [0.25, 0.3) is 61.7 Å². The van der Waals surface area contributed by atoms with Crippen molar-refractivity contribution in [3.8, 4) is 33.9 Å². The second-order valence-corrected chi connectivity index (χ2v) is 9.55. The molecule has 182 valence electrons. The van der Waals surface area contributed by atoms with E-state index in [1.807, 2.05) is 48.5 Å². The minimum Gasteiger partial charge on any atom is -0.354 e. The summed E-state index contributed by atoms with van der Waals surface area (Å²) in [4.78, 5) is 21.8. The lowest BCUT2D eigenvalue weighted by molar-refractivity contribution is 1.10. The summed E-state index contributed by atoms with van der Waals surface area (Å²) >= 11 is 1.65. The maximum Gasteiger partial charge on any atom is 0.160 e. The van der Waals surface area contributed by atoms with Gasteiger partial charge in [0.25, 0.3) is 0 Å². The zero-order chi connectivity index (χ0) is 25.5. The lowest BCUT2D eigenvalue weighted by Gasteiger charge is -2.10. The Morgan fingerprint density at radius 1 is 0.947 bits per heavy atom. The van der Waals surface area contributed by atoms with E-state index in [4.69, 9.17) is 4.98 Å². The minimum absolute atomic E-state index is 0.645. The predicted octanol–water partition coefficient (Wildman–Crippen LogP) is 6.77. The lowest BCUT2D eigenvalue weighted by atomic mass is 10.1. The molecule has 0 spiro atoms. The van der Waals surface area contributed by atoms with Crippen molar-refractivity contribution >= 4 is 44.8 Å². The third-order valence-corrected chi connectivity index (χ3v) is 7.02. The molecule has 0 saturated heterocycles. The number of aromatic nitrogens is 7. The molecule has 3 N–H and O–H groups in total. The molecule has 38 heavy (non-hydrogen) atoms. The van der Waals surface area contributed by atoms with E-state index in [1.165, 1.54) is 0 Å². The number of aromatic amines is 2. The van der Waals surface area contributed by atoms with Gasteiger partial charge in [0, 0.05) is 34.6 Å². The Hall–Kier alpha value is -5.15. The zero-order valence-corrected chi connectivity index (χ0v) is 20.8. The number of benzene rings is 1. The summed E-state index contributed by atoms with van der Waals surface area (Å²) in [5, 5.41) is 16.0. The molecule has 7 rings (SSSR count). The van der Waals surface area contributed by atoms with Gasteiger partial charge in [-0.15, -0.1) is 0 Å². The third-order valence-electron chi connectivity index (χ3n) is 6.34. The Morgan fingerprint density at radius 2 is 1.87 bits per heavy atom. The van der Waals surface area contributed by atoms with Crippen LogP contribution in [-0.2, 0) is 0 Å². The summed E-state index contributed by atoms with van der Waals surface area (Å²) in [6.45, 7) is 4.16. The van der Waals surface area contributed by atoms with Crippen molar-refractivity contribution in [2.45, 2.75) is 0 Å². The highest BCUT2D eigenvalue weighted by molar-refractivity contribution is 7.08. The Bertz CT molecular complexity index is 1920. The monoisotopic (exact) mass is 512 g/mol. The Morgan fingerprint density at radius 3 is 2.74 bits per heavy atom. The zero-order valence-electron chi connectivity index (χ0n) is 20.0. The first-order chi connectivity index (χ1) is 18.7. The Balaban J connectivity index is 1.25. The Kier molecular flexibility index (Phi) is 5.26. The Labute approximate surface area is 221 Å². The van der Waals surface area contributed by atoms with Crippen molar-refractivity contribution in [1.29, 1.82) is 0 Å². The first-order valence-corrected chi connectivity index (χ1v) is 12.9. The number of imidazole rings is 1. The predicted molar refractivity (Wildman–Crippen MR) is 152 cm³/mol. The van der Waals surface area contributed by atoms with Crippen LogP contribution in [0.3, 0.4) is 0 Å². The maximum atomic E-state index is 4.89. The summed E-state index contributed by atoms with van der Waals surface area (Å²) in [6, 6.07) is 18.1. The van der Waals surface area contributed by atoms with Crippen LogP contribution in [0.2, 0.25) is 0 Å². The van der Waals surface area contributed by atoms with Gasteiger partial charge < -0.3 is 10.3 Å². The lowest BCUT2D eigenvalue weighted by Crippen LogP contribution is -1.98. The van der Waals surface area contributed by atoms with Crippen LogP contribution in [0.4, 0.5) is 5.69 Å². The molecule has 0 saturated carbocycles. The third kappa shape index (κ3) is 3.91. The van der Waals surface area contributed by atoms with E-state index in [9.17, 15) is 0 Å². The van der Waals surface area contributed by atoms with Crippen LogP contribution in [-0.4, -0.2) is 35.1 Å². The van der Waals surface area contributed by atoms with E-state index in [0.717, 1.165) is 61.4 Å². The van der Waals surface area contributed by atoms with Gasteiger partial charge in [-0.1, -0.05) is 36.9 Å². The number of thiophene rings is 1. The molecule has 6 heterocycles. The van der Waals surface area contributed by atoms with E-state index in [0.29, 0.717) is 11.5 Å². The van der Waals surface area contributed by atoms with Gasteiger partial charge in [0.1, 0.15) is 11.2 Å². The van der Waals surface area contributed by atoms with E-state index < -0.39 is 0 Å². The van der Waals surface area contributed by atoms with Crippen LogP contribution in [0.5, 0.6) is 0 Å². The number of H-pyrrole nitrogens is 2. The summed E-state index contributed by atoms with van der Waals surface area (Å²) in [5.41, 5.74) is 9.49. The van der Waals surface area contributed by atoms with Crippen LogP contribution < -0.4 is 5.32 Å². The second kappa shape index (κ2) is 9.06. The first-order valence-electron chi connectivity index (χ1n) is 11.9. The fourth-order valence-corrected chi connectivity index (χ4v) is 5.12. The number of nitrogens with zero attached hydrogens (tertiary/aromatic N) is 5. The molecule has 7 aromatic rings. The molecule has 0 bridgehead atoms. The highest BCUT2D eigenvalue weighted by Crippen LogP contribution is 2.32. The molecular formula is C29H20N8S. The molecule has 6 aromatic heterocycles. The summed E-state index contributed by atoms with van der Waals surface area (Å²) < 4.78 is 0. The SMILES string of the molecule is C=C(Nc1cncc(-c2cc3c(-c4nc5c(-c6ccsc6)ccnc5[nH]4)n[nH]c3cn2)c1)c1ccccc1. The van der Waals surface area contributed by atoms with Crippen molar-refractivity contribution in [2.75, 3.05) is 5.32 Å². The molecule has 0 aliphatic rings. The summed E-state index contributed by atoms with van der Waals surface area (Å²) in [5.74, 6) is 0.645. The number of hydrogen-bond donors (Lipinski definition) is 3. The van der Waals surface area contributed by atoms with Crippen molar-refractivity contribution < 1.29 is 0 Å². The highest BCUT2D eigenvalue weighted by atomic mass is 32.1. The largest absolute Gasteiger partial charge is 0.354 e. The average molecular weight is 513 g/mol. The van der Waals surface area contributed by atoms with Gasteiger partial charge in [-0.05, 0) is 46.2 Å². The van der Waals surface area contributed by atoms with E-state index >= 15 is 0 Å². The minimum atomic E-state index is 0.645.